The largest absolute Gasteiger partial charge is 0.359 e. The number of hydrogen-bond donors (Lipinski definition) is 0. The van der Waals surface area contributed by atoms with Crippen molar-refractivity contribution in [1.29, 1.82) is 0 Å². The first-order valence-corrected chi connectivity index (χ1v) is 4.06. The molecule has 11 heavy (non-hydrogen) atoms. The molecule has 0 N–H and O–H groups in total. The highest BCUT2D eigenvalue weighted by Crippen LogP contribution is 1.93. The fraction of sp³-hybridized carbons (Fsp3) is 1.00. The van der Waals surface area contributed by atoms with E-state index in [0.29, 0.717) is 13.6 Å². The molecule has 0 atom stereocenters. The van der Waals surface area contributed by atoms with Crippen molar-refractivity contribution in [3.05, 3.63) is 0 Å². The van der Waals surface area contributed by atoms with Gasteiger partial charge in [0.25, 0.3) is 0 Å². The van der Waals surface area contributed by atoms with Crippen LogP contribution in [0.3, 0.4) is 0 Å². The van der Waals surface area contributed by atoms with E-state index in [-0.39, 0.29) is 0 Å². The maximum Gasteiger partial charge on any atom is 0.149 e. The second-order valence-corrected chi connectivity index (χ2v) is 2.34. The topological polar surface area (TPSA) is 27.7 Å². The van der Waals surface area contributed by atoms with Gasteiger partial charge >= 0.3 is 0 Å². The third-order valence-corrected chi connectivity index (χ3v) is 1.26. The van der Waals surface area contributed by atoms with Crippen LogP contribution in [0.2, 0.25) is 0 Å². The van der Waals surface area contributed by atoms with Crippen molar-refractivity contribution < 1.29 is 14.2 Å². The number of methoxy groups -OCH3 is 1. The zero-order chi connectivity index (χ0) is 8.36. The molecule has 0 radical (unpaired) electrons. The lowest BCUT2D eigenvalue weighted by Crippen LogP contribution is -2.03. The first kappa shape index (κ1) is 10.9. The Hall–Kier alpha value is -0.120. The molecular weight excluding hydrogens is 144 g/mol. The predicted molar refractivity (Wildman–Crippen MR) is 43.3 cm³/mol. The molecule has 0 unspecified atom stereocenters. The highest BCUT2D eigenvalue weighted by Gasteiger charge is 1.87. The SMILES string of the molecule is CCCCCOCOCOC. The van der Waals surface area contributed by atoms with Crippen LogP contribution in [0.1, 0.15) is 26.2 Å². The summed E-state index contributed by atoms with van der Waals surface area (Å²) in [5.74, 6) is 0. The van der Waals surface area contributed by atoms with Gasteiger partial charge in [0.05, 0.1) is 0 Å². The standard InChI is InChI=1S/C8H18O3/c1-3-4-5-6-10-8-11-7-9-2/h3-8H2,1-2H3. The van der Waals surface area contributed by atoms with Crippen molar-refractivity contribution in [3.63, 3.8) is 0 Å². The van der Waals surface area contributed by atoms with Crippen LogP contribution in [0, 0.1) is 0 Å². The Morgan fingerprint density at radius 3 is 2.45 bits per heavy atom. The number of ether oxygens (including phenoxy) is 3. The van der Waals surface area contributed by atoms with Gasteiger partial charge in [-0.15, -0.1) is 0 Å². The molecule has 3 nitrogen and oxygen atoms in total. The van der Waals surface area contributed by atoms with E-state index in [1.54, 1.807) is 7.11 Å². The van der Waals surface area contributed by atoms with Crippen molar-refractivity contribution in [3.8, 4) is 0 Å². The summed E-state index contributed by atoms with van der Waals surface area (Å²) in [4.78, 5) is 0. The zero-order valence-electron chi connectivity index (χ0n) is 7.47. The van der Waals surface area contributed by atoms with Gasteiger partial charge in [0.15, 0.2) is 0 Å². The Labute approximate surface area is 68.6 Å². The van der Waals surface area contributed by atoms with E-state index in [2.05, 4.69) is 11.7 Å². The van der Waals surface area contributed by atoms with Gasteiger partial charge in [-0.05, 0) is 6.42 Å². The first-order chi connectivity index (χ1) is 5.41. The van der Waals surface area contributed by atoms with Gasteiger partial charge in [-0.25, -0.2) is 0 Å². The molecule has 0 aromatic carbocycles. The molecule has 0 aromatic rings. The van der Waals surface area contributed by atoms with E-state index in [1.807, 2.05) is 0 Å². The molecule has 0 bridgehead atoms. The predicted octanol–water partition coefficient (Wildman–Crippen LogP) is 1.77. The molecule has 0 aliphatic carbocycles. The molecule has 0 rings (SSSR count). The van der Waals surface area contributed by atoms with Gasteiger partial charge in [-0.2, -0.15) is 0 Å². The smallest absolute Gasteiger partial charge is 0.149 e. The minimum Gasteiger partial charge on any atom is -0.359 e. The van der Waals surface area contributed by atoms with Crippen LogP contribution in [-0.2, 0) is 14.2 Å². The van der Waals surface area contributed by atoms with E-state index in [9.17, 15) is 0 Å². The highest BCUT2D eigenvalue weighted by atomic mass is 16.7. The molecule has 0 amide bonds. The molecule has 0 fully saturated rings. The Morgan fingerprint density at radius 1 is 1.00 bits per heavy atom. The lowest BCUT2D eigenvalue weighted by Gasteiger charge is -2.03. The molecule has 68 valence electrons. The molecule has 0 aliphatic heterocycles. The van der Waals surface area contributed by atoms with Crippen LogP contribution in [-0.4, -0.2) is 27.3 Å². The lowest BCUT2D eigenvalue weighted by atomic mass is 10.3. The van der Waals surface area contributed by atoms with E-state index < -0.39 is 0 Å². The monoisotopic (exact) mass is 162 g/mol. The number of hydrogen-bond acceptors (Lipinski definition) is 3. The minimum absolute atomic E-state index is 0.313. The van der Waals surface area contributed by atoms with Crippen LogP contribution in [0.5, 0.6) is 0 Å². The molecule has 0 aliphatic rings. The summed E-state index contributed by atoms with van der Waals surface area (Å²) in [7, 11) is 1.59. The fourth-order valence-electron chi connectivity index (χ4n) is 0.689. The highest BCUT2D eigenvalue weighted by molar-refractivity contribution is 4.33. The second-order valence-electron chi connectivity index (χ2n) is 2.34. The average molecular weight is 162 g/mol. The summed E-state index contributed by atoms with van der Waals surface area (Å²) in [5.41, 5.74) is 0. The van der Waals surface area contributed by atoms with E-state index >= 15 is 0 Å². The number of unbranched alkanes of at least 4 members (excludes halogenated alkanes) is 2. The maximum atomic E-state index is 5.14. The van der Waals surface area contributed by atoms with Gasteiger partial charge in [0, 0.05) is 13.7 Å². The number of rotatable bonds is 8. The Morgan fingerprint density at radius 2 is 1.82 bits per heavy atom. The first-order valence-electron chi connectivity index (χ1n) is 4.06. The summed E-state index contributed by atoms with van der Waals surface area (Å²) >= 11 is 0. The summed E-state index contributed by atoms with van der Waals surface area (Å²) in [6.45, 7) is 3.62. The van der Waals surface area contributed by atoms with Crippen LogP contribution < -0.4 is 0 Å². The molecule has 3 heteroatoms. The second kappa shape index (κ2) is 9.88. The normalized spacial score (nSPS) is 10.4. The van der Waals surface area contributed by atoms with E-state index in [0.717, 1.165) is 13.0 Å². The molecule has 0 spiro atoms. The van der Waals surface area contributed by atoms with Crippen LogP contribution in [0.25, 0.3) is 0 Å². The van der Waals surface area contributed by atoms with Gasteiger partial charge in [-0.1, -0.05) is 19.8 Å². The quantitative estimate of drug-likeness (QED) is 0.402. The summed E-state index contributed by atoms with van der Waals surface area (Å²) in [6, 6.07) is 0. The third-order valence-electron chi connectivity index (χ3n) is 1.26. The van der Waals surface area contributed by atoms with Crippen LogP contribution >= 0.6 is 0 Å². The molecular formula is C8H18O3. The van der Waals surface area contributed by atoms with Crippen molar-refractivity contribution in [2.75, 3.05) is 27.3 Å². The van der Waals surface area contributed by atoms with Gasteiger partial charge in [0.2, 0.25) is 0 Å². The van der Waals surface area contributed by atoms with Gasteiger partial charge < -0.3 is 14.2 Å². The average Bonchev–Trinajstić information content (AvgIpc) is 2.03. The molecule has 0 aromatic heterocycles. The van der Waals surface area contributed by atoms with Gasteiger partial charge in [0.1, 0.15) is 13.6 Å². The van der Waals surface area contributed by atoms with Crippen molar-refractivity contribution in [1.82, 2.24) is 0 Å². The third kappa shape index (κ3) is 9.88. The van der Waals surface area contributed by atoms with E-state index in [1.165, 1.54) is 12.8 Å². The summed E-state index contributed by atoms with van der Waals surface area (Å²) in [6.07, 6.45) is 3.57. The Balaban J connectivity index is 2.69. The van der Waals surface area contributed by atoms with Crippen molar-refractivity contribution in [2.45, 2.75) is 26.2 Å². The summed E-state index contributed by atoms with van der Waals surface area (Å²) < 4.78 is 14.7. The maximum absolute atomic E-state index is 5.14. The van der Waals surface area contributed by atoms with Crippen molar-refractivity contribution in [2.24, 2.45) is 0 Å². The Kier molecular flexibility index (Phi) is 9.77. The van der Waals surface area contributed by atoms with Crippen LogP contribution in [0.4, 0.5) is 0 Å². The van der Waals surface area contributed by atoms with Crippen LogP contribution in [0.15, 0.2) is 0 Å². The minimum atomic E-state index is 0.313. The zero-order valence-corrected chi connectivity index (χ0v) is 7.47. The van der Waals surface area contributed by atoms with Gasteiger partial charge in [-0.3, -0.25) is 0 Å². The molecule has 0 heterocycles. The summed E-state index contributed by atoms with van der Waals surface area (Å²) in [5, 5.41) is 0. The lowest BCUT2D eigenvalue weighted by molar-refractivity contribution is -0.120. The molecule has 0 saturated carbocycles. The molecule has 0 saturated heterocycles. The Bertz CT molecular complexity index is 58.4. The van der Waals surface area contributed by atoms with E-state index in [4.69, 9.17) is 9.47 Å². The van der Waals surface area contributed by atoms with Crippen molar-refractivity contribution >= 4 is 0 Å². The fourth-order valence-corrected chi connectivity index (χ4v) is 0.689.